The first kappa shape index (κ1) is 23.0. The second-order valence-electron chi connectivity index (χ2n) is 7.74. The minimum atomic E-state index is -0.483. The van der Waals surface area contributed by atoms with Crippen LogP contribution in [0.25, 0.3) is 0 Å². The summed E-state index contributed by atoms with van der Waals surface area (Å²) in [7, 11) is 2.61. The van der Waals surface area contributed by atoms with Crippen molar-refractivity contribution in [1.29, 1.82) is 0 Å². The van der Waals surface area contributed by atoms with Gasteiger partial charge in [0.25, 0.3) is 0 Å². The molecular weight excluding hydrogens is 436 g/mol. The molecule has 0 N–H and O–H groups in total. The monoisotopic (exact) mass is 460 g/mol. The molecule has 0 aliphatic carbocycles. The van der Waals surface area contributed by atoms with Gasteiger partial charge in [-0.2, -0.15) is 0 Å². The van der Waals surface area contributed by atoms with Crippen molar-refractivity contribution >= 4 is 34.7 Å². The van der Waals surface area contributed by atoms with Crippen LogP contribution >= 0.6 is 0 Å². The largest absolute Gasteiger partial charge is 0.480 e. The average Bonchev–Trinajstić information content (AvgIpc) is 2.84. The van der Waals surface area contributed by atoms with Crippen molar-refractivity contribution in [2.45, 2.75) is 12.8 Å². The van der Waals surface area contributed by atoms with Crippen LogP contribution < -0.4 is 9.47 Å². The van der Waals surface area contributed by atoms with E-state index in [0.717, 1.165) is 22.3 Å². The highest BCUT2D eigenvalue weighted by atomic mass is 16.6. The van der Waals surface area contributed by atoms with Gasteiger partial charge in [0.15, 0.2) is 13.2 Å². The molecule has 2 aliphatic rings. The molecule has 0 atom stereocenters. The Morgan fingerprint density at radius 2 is 1.18 bits per heavy atom. The van der Waals surface area contributed by atoms with Crippen molar-refractivity contribution in [3.8, 4) is 11.5 Å². The summed E-state index contributed by atoms with van der Waals surface area (Å²) in [6.45, 7) is 7.98. The van der Waals surface area contributed by atoms with Crippen LogP contribution in [0.1, 0.15) is 11.1 Å². The highest BCUT2D eigenvalue weighted by molar-refractivity contribution is 6.54. The Balaban J connectivity index is 1.73. The molecule has 8 nitrogen and oxygen atoms in total. The molecule has 34 heavy (non-hydrogen) atoms. The van der Waals surface area contributed by atoms with E-state index in [2.05, 4.69) is 22.6 Å². The third kappa shape index (κ3) is 4.61. The molecule has 0 amide bonds. The number of aliphatic imine (C=N–C) groups is 2. The van der Waals surface area contributed by atoms with Gasteiger partial charge in [0.2, 0.25) is 0 Å². The summed E-state index contributed by atoms with van der Waals surface area (Å²) >= 11 is 0. The fourth-order valence-electron chi connectivity index (χ4n) is 3.75. The molecule has 174 valence electrons. The molecule has 0 radical (unpaired) electrons. The average molecular weight is 460 g/mol. The van der Waals surface area contributed by atoms with E-state index in [4.69, 9.17) is 19.5 Å². The zero-order valence-electron chi connectivity index (χ0n) is 19.1. The first-order valence-corrected chi connectivity index (χ1v) is 10.6. The van der Waals surface area contributed by atoms with Crippen LogP contribution in [0.2, 0.25) is 0 Å². The minimum absolute atomic E-state index is 0.222. The number of carbonyl (C=O) groups is 2. The molecule has 0 spiro atoms. The Morgan fingerprint density at radius 3 is 1.56 bits per heavy atom. The standard InChI is InChI=1S/C26H24N2O6/c1-15-11-17-7-5-9-19(33-13-21(29)31-3)25(17)27-23(15)24-16(2)12-18-8-6-10-20(26(18)28-24)34-14-22(30)32-4/h5-10H,1-2,11-14H2,3-4H3. The number of rotatable bonds is 7. The number of esters is 2. The van der Waals surface area contributed by atoms with E-state index in [1.54, 1.807) is 12.1 Å². The quantitative estimate of drug-likeness (QED) is 0.582. The van der Waals surface area contributed by atoms with Gasteiger partial charge in [0.05, 0.1) is 25.6 Å². The van der Waals surface area contributed by atoms with Gasteiger partial charge >= 0.3 is 11.9 Å². The fraction of sp³-hybridized carbons (Fsp3) is 0.231. The lowest BCUT2D eigenvalue weighted by molar-refractivity contribution is -0.143. The number of ether oxygens (including phenoxy) is 4. The van der Waals surface area contributed by atoms with Crippen LogP contribution in [0.3, 0.4) is 0 Å². The van der Waals surface area contributed by atoms with Gasteiger partial charge in [0, 0.05) is 12.8 Å². The smallest absolute Gasteiger partial charge is 0.343 e. The van der Waals surface area contributed by atoms with Gasteiger partial charge in [-0.1, -0.05) is 37.4 Å². The summed E-state index contributed by atoms with van der Waals surface area (Å²) in [6.07, 6.45) is 1.09. The first-order valence-electron chi connectivity index (χ1n) is 10.6. The Morgan fingerprint density at radius 1 is 0.765 bits per heavy atom. The molecule has 4 rings (SSSR count). The Bertz CT molecular complexity index is 1160. The van der Waals surface area contributed by atoms with E-state index in [1.165, 1.54) is 14.2 Å². The van der Waals surface area contributed by atoms with Crippen molar-refractivity contribution in [2.24, 2.45) is 9.98 Å². The number of para-hydroxylation sites is 2. The van der Waals surface area contributed by atoms with Crippen molar-refractivity contribution in [2.75, 3.05) is 27.4 Å². The molecule has 0 unspecified atom stereocenters. The predicted octanol–water partition coefficient (Wildman–Crippen LogP) is 3.86. The highest BCUT2D eigenvalue weighted by Gasteiger charge is 2.28. The van der Waals surface area contributed by atoms with Crippen molar-refractivity contribution < 1.29 is 28.5 Å². The molecule has 8 heteroatoms. The second-order valence-corrected chi connectivity index (χ2v) is 7.74. The lowest BCUT2D eigenvalue weighted by Crippen LogP contribution is -2.25. The second kappa shape index (κ2) is 9.74. The van der Waals surface area contributed by atoms with Gasteiger partial charge in [-0.3, -0.25) is 0 Å². The fourth-order valence-corrected chi connectivity index (χ4v) is 3.75. The summed E-state index contributed by atoms with van der Waals surface area (Å²) in [5.41, 5.74) is 5.86. The van der Waals surface area contributed by atoms with Crippen molar-refractivity contribution in [3.05, 3.63) is 71.8 Å². The Hall–Kier alpha value is -4.20. The molecule has 0 aromatic heterocycles. The van der Waals surface area contributed by atoms with Gasteiger partial charge in [-0.25, -0.2) is 19.6 Å². The molecule has 2 aliphatic heterocycles. The van der Waals surface area contributed by atoms with Crippen LogP contribution in [-0.4, -0.2) is 50.8 Å². The van der Waals surface area contributed by atoms with E-state index in [0.29, 0.717) is 47.1 Å². The predicted molar refractivity (Wildman–Crippen MR) is 128 cm³/mol. The lowest BCUT2D eigenvalue weighted by atomic mass is 9.88. The van der Waals surface area contributed by atoms with E-state index < -0.39 is 11.9 Å². The number of nitrogens with zero attached hydrogens (tertiary/aromatic N) is 2. The van der Waals surface area contributed by atoms with Crippen LogP contribution in [0.4, 0.5) is 11.4 Å². The zero-order chi connectivity index (χ0) is 24.2. The van der Waals surface area contributed by atoms with Gasteiger partial charge in [0.1, 0.15) is 22.9 Å². The number of allylic oxidation sites excluding steroid dienone is 2. The summed E-state index contributed by atoms with van der Waals surface area (Å²) < 4.78 is 20.6. The van der Waals surface area contributed by atoms with E-state index in [9.17, 15) is 9.59 Å². The number of carbonyl (C=O) groups excluding carboxylic acids is 2. The van der Waals surface area contributed by atoms with Gasteiger partial charge in [-0.05, 0) is 34.4 Å². The van der Waals surface area contributed by atoms with Crippen LogP contribution in [-0.2, 0) is 31.9 Å². The van der Waals surface area contributed by atoms with E-state index >= 15 is 0 Å². The minimum Gasteiger partial charge on any atom is -0.480 e. The van der Waals surface area contributed by atoms with Crippen LogP contribution in [0.15, 0.2) is 70.7 Å². The molecule has 0 fully saturated rings. The van der Waals surface area contributed by atoms with Crippen LogP contribution in [0.5, 0.6) is 11.5 Å². The number of hydrogen-bond acceptors (Lipinski definition) is 8. The summed E-state index contributed by atoms with van der Waals surface area (Å²) in [6, 6.07) is 11.1. The number of methoxy groups -OCH3 is 2. The maximum atomic E-state index is 11.6. The van der Waals surface area contributed by atoms with Crippen molar-refractivity contribution in [3.63, 3.8) is 0 Å². The SMILES string of the molecule is C=C1Cc2cccc(OCC(=O)OC)c2N=C1C1=Nc2c(cccc2OCC(=O)OC)CC1=C. The van der Waals surface area contributed by atoms with Gasteiger partial charge in [-0.15, -0.1) is 0 Å². The topological polar surface area (TPSA) is 95.8 Å². The Labute approximate surface area is 197 Å². The molecule has 0 saturated heterocycles. The first-order chi connectivity index (χ1) is 16.4. The molecule has 0 saturated carbocycles. The molecule has 2 heterocycles. The third-order valence-electron chi connectivity index (χ3n) is 5.46. The Kier molecular flexibility index (Phi) is 6.58. The van der Waals surface area contributed by atoms with E-state index in [-0.39, 0.29) is 13.2 Å². The molecule has 2 aromatic rings. The summed E-state index contributed by atoms with van der Waals surface area (Å²) in [5, 5.41) is 0. The molecule has 2 aromatic carbocycles. The third-order valence-corrected chi connectivity index (χ3v) is 5.46. The molecular formula is C26H24N2O6. The highest BCUT2D eigenvalue weighted by Crippen LogP contribution is 2.41. The molecule has 0 bridgehead atoms. The van der Waals surface area contributed by atoms with Crippen molar-refractivity contribution in [1.82, 2.24) is 0 Å². The maximum Gasteiger partial charge on any atom is 0.343 e. The zero-order valence-corrected chi connectivity index (χ0v) is 19.1. The number of hydrogen-bond donors (Lipinski definition) is 0. The lowest BCUT2D eigenvalue weighted by Gasteiger charge is -2.25. The van der Waals surface area contributed by atoms with E-state index in [1.807, 2.05) is 24.3 Å². The number of benzene rings is 2. The van der Waals surface area contributed by atoms with Crippen LogP contribution in [0, 0.1) is 0 Å². The summed E-state index contributed by atoms with van der Waals surface area (Å²) in [4.78, 5) is 32.8. The summed E-state index contributed by atoms with van der Waals surface area (Å²) in [5.74, 6) is -0.0267. The normalized spacial score (nSPS) is 14.3. The van der Waals surface area contributed by atoms with Gasteiger partial charge < -0.3 is 18.9 Å². The maximum absolute atomic E-state index is 11.6. The number of fused-ring (bicyclic) bond motifs is 2.